The largest absolute Gasteiger partial charge is 0.378 e. The van der Waals surface area contributed by atoms with Gasteiger partial charge in [-0.05, 0) is 31.0 Å². The van der Waals surface area contributed by atoms with Gasteiger partial charge in [0.2, 0.25) is 5.91 Å². The minimum Gasteiger partial charge on any atom is -0.378 e. The molecule has 17 heavy (non-hydrogen) atoms. The fourth-order valence-corrected chi connectivity index (χ4v) is 2.20. The third-order valence-electron chi connectivity index (χ3n) is 2.95. The van der Waals surface area contributed by atoms with Crippen LogP contribution < -0.4 is 5.32 Å². The van der Waals surface area contributed by atoms with Crippen LogP contribution in [-0.4, -0.2) is 18.6 Å². The Labute approximate surface area is 110 Å². The van der Waals surface area contributed by atoms with Gasteiger partial charge in [0.25, 0.3) is 0 Å². The molecule has 1 aliphatic rings. The first-order valence-corrected chi connectivity index (χ1v) is 6.58. The Morgan fingerprint density at radius 3 is 2.76 bits per heavy atom. The van der Waals surface area contributed by atoms with Gasteiger partial charge in [0.05, 0.1) is 18.6 Å². The molecule has 1 aromatic carbocycles. The van der Waals surface area contributed by atoms with Crippen molar-refractivity contribution in [2.75, 3.05) is 6.61 Å². The maximum Gasteiger partial charge on any atom is 0.225 e. The van der Waals surface area contributed by atoms with Gasteiger partial charge in [-0.2, -0.15) is 0 Å². The molecule has 2 atom stereocenters. The zero-order valence-corrected chi connectivity index (χ0v) is 11.4. The van der Waals surface area contributed by atoms with Gasteiger partial charge in [-0.3, -0.25) is 4.79 Å². The Hall–Kier alpha value is -0.870. The molecule has 0 aliphatic carbocycles. The van der Waals surface area contributed by atoms with Crippen LogP contribution in [0.5, 0.6) is 0 Å². The van der Waals surface area contributed by atoms with Crippen LogP contribution in [0.3, 0.4) is 0 Å². The van der Waals surface area contributed by atoms with Gasteiger partial charge in [-0.15, -0.1) is 0 Å². The summed E-state index contributed by atoms with van der Waals surface area (Å²) in [6.07, 6.45) is 1.03. The van der Waals surface area contributed by atoms with E-state index in [2.05, 4.69) is 21.2 Å². The Bertz CT molecular complexity index is 391. The quantitative estimate of drug-likeness (QED) is 0.931. The molecule has 0 saturated carbocycles. The SMILES string of the molecule is CC1CC(C(=O)NCc2ccc(Br)cc2)CO1. The standard InChI is InChI=1S/C13H16BrNO2/c1-9-6-11(8-17-9)13(16)15-7-10-2-4-12(14)5-3-10/h2-5,9,11H,6-8H2,1H3,(H,15,16). The highest BCUT2D eigenvalue weighted by Crippen LogP contribution is 2.19. The zero-order chi connectivity index (χ0) is 12.3. The highest BCUT2D eigenvalue weighted by atomic mass is 79.9. The number of nitrogens with one attached hydrogen (secondary N) is 1. The number of amides is 1. The summed E-state index contributed by atoms with van der Waals surface area (Å²) >= 11 is 3.38. The number of carbonyl (C=O) groups excluding carboxylic acids is 1. The van der Waals surface area contributed by atoms with Gasteiger partial charge in [0.15, 0.2) is 0 Å². The molecule has 2 rings (SSSR count). The zero-order valence-electron chi connectivity index (χ0n) is 9.78. The number of hydrogen-bond donors (Lipinski definition) is 1. The van der Waals surface area contributed by atoms with Crippen LogP contribution in [0.2, 0.25) is 0 Å². The molecule has 0 aromatic heterocycles. The molecule has 0 spiro atoms. The molecule has 1 amide bonds. The Kier molecular flexibility index (Phi) is 4.18. The smallest absolute Gasteiger partial charge is 0.225 e. The van der Waals surface area contributed by atoms with E-state index < -0.39 is 0 Å². The average Bonchev–Trinajstić information content (AvgIpc) is 2.75. The Morgan fingerprint density at radius 2 is 2.18 bits per heavy atom. The lowest BCUT2D eigenvalue weighted by molar-refractivity contribution is -0.125. The first-order chi connectivity index (χ1) is 8.15. The van der Waals surface area contributed by atoms with Crippen LogP contribution in [-0.2, 0) is 16.1 Å². The third kappa shape index (κ3) is 3.54. The lowest BCUT2D eigenvalue weighted by Crippen LogP contribution is -2.30. The normalized spacial score (nSPS) is 23.6. The fraction of sp³-hybridized carbons (Fsp3) is 0.462. The predicted molar refractivity (Wildman–Crippen MR) is 69.5 cm³/mol. The topological polar surface area (TPSA) is 38.3 Å². The van der Waals surface area contributed by atoms with Crippen molar-refractivity contribution in [1.29, 1.82) is 0 Å². The van der Waals surface area contributed by atoms with Crippen molar-refractivity contribution >= 4 is 21.8 Å². The molecule has 0 bridgehead atoms. The molecule has 0 radical (unpaired) electrons. The van der Waals surface area contributed by atoms with Gasteiger partial charge in [-0.1, -0.05) is 28.1 Å². The highest BCUT2D eigenvalue weighted by Gasteiger charge is 2.27. The Morgan fingerprint density at radius 1 is 1.47 bits per heavy atom. The number of hydrogen-bond acceptors (Lipinski definition) is 2. The van der Waals surface area contributed by atoms with Crippen LogP contribution in [0.15, 0.2) is 28.7 Å². The summed E-state index contributed by atoms with van der Waals surface area (Å²) in [5.74, 6) is 0.109. The molecule has 1 heterocycles. The van der Waals surface area contributed by atoms with Crippen LogP contribution in [0.25, 0.3) is 0 Å². The van der Waals surface area contributed by atoms with Crippen molar-refractivity contribution in [1.82, 2.24) is 5.32 Å². The lowest BCUT2D eigenvalue weighted by atomic mass is 10.1. The van der Waals surface area contributed by atoms with E-state index in [1.165, 1.54) is 0 Å². The van der Waals surface area contributed by atoms with Crippen molar-refractivity contribution in [2.45, 2.75) is 26.0 Å². The predicted octanol–water partition coefficient (Wildman–Crippen LogP) is 2.49. The van der Waals surface area contributed by atoms with Crippen LogP contribution in [0.4, 0.5) is 0 Å². The van der Waals surface area contributed by atoms with E-state index in [0.717, 1.165) is 16.5 Å². The van der Waals surface area contributed by atoms with Gasteiger partial charge in [-0.25, -0.2) is 0 Å². The van der Waals surface area contributed by atoms with Crippen molar-refractivity contribution in [3.05, 3.63) is 34.3 Å². The van der Waals surface area contributed by atoms with Crippen molar-refractivity contribution < 1.29 is 9.53 Å². The Balaban J connectivity index is 1.82. The van der Waals surface area contributed by atoms with E-state index in [9.17, 15) is 4.79 Å². The van der Waals surface area contributed by atoms with E-state index in [4.69, 9.17) is 4.74 Å². The third-order valence-corrected chi connectivity index (χ3v) is 3.48. The van der Waals surface area contributed by atoms with E-state index in [1.54, 1.807) is 0 Å². The fourth-order valence-electron chi connectivity index (χ4n) is 1.94. The average molecular weight is 298 g/mol. The highest BCUT2D eigenvalue weighted by molar-refractivity contribution is 9.10. The van der Waals surface area contributed by atoms with E-state index in [0.29, 0.717) is 13.2 Å². The summed E-state index contributed by atoms with van der Waals surface area (Å²) in [4.78, 5) is 11.8. The first kappa shape index (κ1) is 12.6. The molecule has 92 valence electrons. The molecular formula is C13H16BrNO2. The number of rotatable bonds is 3. The maximum absolute atomic E-state index is 11.8. The number of benzene rings is 1. The van der Waals surface area contributed by atoms with Gasteiger partial charge < -0.3 is 10.1 Å². The second-order valence-corrected chi connectivity index (χ2v) is 5.34. The molecule has 1 N–H and O–H groups in total. The van der Waals surface area contributed by atoms with Crippen LogP contribution >= 0.6 is 15.9 Å². The molecule has 1 fully saturated rings. The summed E-state index contributed by atoms with van der Waals surface area (Å²) in [6, 6.07) is 7.95. The van der Waals surface area contributed by atoms with E-state index in [1.807, 2.05) is 31.2 Å². The molecule has 1 aliphatic heterocycles. The number of carbonyl (C=O) groups is 1. The summed E-state index contributed by atoms with van der Waals surface area (Å²) in [5.41, 5.74) is 1.11. The molecule has 2 unspecified atom stereocenters. The molecule has 1 aromatic rings. The van der Waals surface area contributed by atoms with Crippen molar-refractivity contribution in [2.24, 2.45) is 5.92 Å². The molecular weight excluding hydrogens is 282 g/mol. The molecule has 4 heteroatoms. The van der Waals surface area contributed by atoms with E-state index >= 15 is 0 Å². The summed E-state index contributed by atoms with van der Waals surface area (Å²) in [6.45, 7) is 3.13. The van der Waals surface area contributed by atoms with Crippen LogP contribution in [0, 0.1) is 5.92 Å². The summed E-state index contributed by atoms with van der Waals surface area (Å²) in [5, 5.41) is 2.95. The summed E-state index contributed by atoms with van der Waals surface area (Å²) < 4.78 is 6.43. The monoisotopic (exact) mass is 297 g/mol. The molecule has 3 nitrogen and oxygen atoms in total. The van der Waals surface area contributed by atoms with Crippen LogP contribution in [0.1, 0.15) is 18.9 Å². The second-order valence-electron chi connectivity index (χ2n) is 4.42. The van der Waals surface area contributed by atoms with Gasteiger partial charge in [0, 0.05) is 11.0 Å². The number of ether oxygens (including phenoxy) is 1. The number of halogens is 1. The minimum atomic E-state index is 0.0143. The van der Waals surface area contributed by atoms with E-state index in [-0.39, 0.29) is 17.9 Å². The summed E-state index contributed by atoms with van der Waals surface area (Å²) in [7, 11) is 0. The van der Waals surface area contributed by atoms with Crippen molar-refractivity contribution in [3.8, 4) is 0 Å². The molecule has 1 saturated heterocycles. The van der Waals surface area contributed by atoms with Crippen molar-refractivity contribution in [3.63, 3.8) is 0 Å². The van der Waals surface area contributed by atoms with Gasteiger partial charge in [0.1, 0.15) is 0 Å². The van der Waals surface area contributed by atoms with Gasteiger partial charge >= 0.3 is 0 Å². The minimum absolute atomic E-state index is 0.0143. The first-order valence-electron chi connectivity index (χ1n) is 5.79. The maximum atomic E-state index is 11.8. The second kappa shape index (κ2) is 5.65. The lowest BCUT2D eigenvalue weighted by Gasteiger charge is -2.09.